The number of nitrogens with two attached hydrogens (primary N) is 1. The number of hydrogen-bond donors (Lipinski definition) is 1. The lowest BCUT2D eigenvalue weighted by Crippen LogP contribution is -2.35. The molecular formula is C26H34N6O. The highest BCUT2D eigenvalue weighted by molar-refractivity contribution is 5.74. The van der Waals surface area contributed by atoms with Crippen LogP contribution in [0.15, 0.2) is 65.5 Å². The molecule has 0 amide bonds. The van der Waals surface area contributed by atoms with Gasteiger partial charge in [0.1, 0.15) is 6.29 Å². The van der Waals surface area contributed by atoms with Crippen molar-refractivity contribution in [2.75, 3.05) is 45.2 Å². The van der Waals surface area contributed by atoms with Gasteiger partial charge < -0.3 is 20.3 Å². The minimum atomic E-state index is 0.139. The van der Waals surface area contributed by atoms with E-state index < -0.39 is 0 Å². The Morgan fingerprint density at radius 2 is 1.88 bits per heavy atom. The van der Waals surface area contributed by atoms with Gasteiger partial charge in [-0.1, -0.05) is 30.4 Å². The largest absolute Gasteiger partial charge is 0.341 e. The molecule has 1 fully saturated rings. The Morgan fingerprint density at radius 1 is 1.15 bits per heavy atom. The minimum Gasteiger partial charge on any atom is -0.341 e. The first kappa shape index (κ1) is 24.5. The summed E-state index contributed by atoms with van der Waals surface area (Å²) in [4.78, 5) is 27.2. The summed E-state index contributed by atoms with van der Waals surface area (Å²) in [5, 5.41) is 0. The number of hydrogen-bond acceptors (Lipinski definition) is 7. The maximum Gasteiger partial charge on any atom is 0.225 e. The van der Waals surface area contributed by atoms with Crippen LogP contribution in [0, 0.1) is 5.92 Å². The molecular weight excluding hydrogens is 412 g/mol. The third kappa shape index (κ3) is 7.44. The van der Waals surface area contributed by atoms with Crippen LogP contribution >= 0.6 is 0 Å². The Morgan fingerprint density at radius 3 is 2.55 bits per heavy atom. The van der Waals surface area contributed by atoms with Gasteiger partial charge in [-0.25, -0.2) is 9.97 Å². The van der Waals surface area contributed by atoms with E-state index >= 15 is 0 Å². The molecule has 7 heteroatoms. The first-order chi connectivity index (χ1) is 16.1. The van der Waals surface area contributed by atoms with E-state index in [4.69, 9.17) is 4.79 Å². The molecule has 1 saturated heterocycles. The van der Waals surface area contributed by atoms with Crippen molar-refractivity contribution in [3.05, 3.63) is 66.0 Å². The Hall–Kier alpha value is -3.16. The first-order valence-electron chi connectivity index (χ1n) is 11.4. The highest BCUT2D eigenvalue weighted by Gasteiger charge is 2.22. The summed E-state index contributed by atoms with van der Waals surface area (Å²) in [6.07, 6.45) is 15.3. The van der Waals surface area contributed by atoms with Crippen LogP contribution in [-0.2, 0) is 11.3 Å². The van der Waals surface area contributed by atoms with E-state index in [0.29, 0.717) is 12.2 Å². The van der Waals surface area contributed by atoms with Gasteiger partial charge in [-0.05, 0) is 61.7 Å². The minimum absolute atomic E-state index is 0.139. The zero-order chi connectivity index (χ0) is 23.5. The van der Waals surface area contributed by atoms with Gasteiger partial charge in [-0.3, -0.25) is 4.99 Å². The highest BCUT2D eigenvalue weighted by Crippen LogP contribution is 2.28. The topological polar surface area (TPSA) is 87.7 Å². The van der Waals surface area contributed by atoms with Gasteiger partial charge in [0.15, 0.2) is 0 Å². The zero-order valence-corrected chi connectivity index (χ0v) is 19.6. The average Bonchev–Trinajstić information content (AvgIpc) is 3.14. The molecule has 7 nitrogen and oxygen atoms in total. The van der Waals surface area contributed by atoms with Crippen LogP contribution in [0.4, 0.5) is 5.95 Å². The van der Waals surface area contributed by atoms with Gasteiger partial charge >= 0.3 is 0 Å². The second-order valence-electron chi connectivity index (χ2n) is 8.46. The molecule has 4 rings (SSSR count). The molecule has 174 valence electrons. The van der Waals surface area contributed by atoms with Crippen molar-refractivity contribution in [2.45, 2.75) is 19.4 Å². The number of benzene rings is 1. The normalized spacial score (nSPS) is 16.1. The zero-order valence-electron chi connectivity index (χ0n) is 19.6. The van der Waals surface area contributed by atoms with E-state index in [0.717, 1.165) is 50.5 Å². The maximum absolute atomic E-state index is 9.05. The van der Waals surface area contributed by atoms with Gasteiger partial charge in [0.25, 0.3) is 0 Å². The van der Waals surface area contributed by atoms with Crippen LogP contribution in [-0.4, -0.2) is 67.6 Å². The Kier molecular flexibility index (Phi) is 9.47. The summed E-state index contributed by atoms with van der Waals surface area (Å²) in [5.41, 5.74) is 9.60. The molecule has 0 unspecified atom stereocenters. The van der Waals surface area contributed by atoms with Crippen molar-refractivity contribution in [3.63, 3.8) is 0 Å². The fourth-order valence-electron chi connectivity index (χ4n) is 4.04. The highest BCUT2D eigenvalue weighted by atomic mass is 16.1. The number of aldehydes is 1. The van der Waals surface area contributed by atoms with Crippen molar-refractivity contribution in [1.29, 1.82) is 0 Å². The third-order valence-corrected chi connectivity index (χ3v) is 5.64. The van der Waals surface area contributed by atoms with Crippen molar-refractivity contribution in [2.24, 2.45) is 16.6 Å². The fourth-order valence-corrected chi connectivity index (χ4v) is 4.04. The molecule has 2 aliphatic heterocycles. The van der Waals surface area contributed by atoms with E-state index in [1.807, 2.05) is 18.6 Å². The standard InChI is InChI=1S/C24H29N5.C2H5NO/c1-28(2)18-19-5-3-6-22(15-19)23-16-26-24(27-17-23)29-13-9-21(10-14-29)20-7-4-11-25-12-8-20;3-1-2-4/h3-8,12,15-17,21H,9-11,13-14,18H2,1-2H3;2H,1,3H2. The number of piperidine rings is 1. The Bertz CT molecular complexity index is 973. The maximum atomic E-state index is 9.05. The molecule has 1 aromatic carbocycles. The van der Waals surface area contributed by atoms with Crippen molar-refractivity contribution < 1.29 is 4.79 Å². The Labute approximate surface area is 196 Å². The van der Waals surface area contributed by atoms with E-state index in [9.17, 15) is 0 Å². The number of rotatable bonds is 6. The van der Waals surface area contributed by atoms with Gasteiger partial charge in [-0.15, -0.1) is 0 Å². The lowest BCUT2D eigenvalue weighted by molar-refractivity contribution is -0.106. The molecule has 0 bridgehead atoms. The van der Waals surface area contributed by atoms with E-state index in [-0.39, 0.29) is 6.54 Å². The van der Waals surface area contributed by atoms with E-state index in [1.165, 1.54) is 16.7 Å². The van der Waals surface area contributed by atoms with Crippen LogP contribution in [0.2, 0.25) is 0 Å². The lowest BCUT2D eigenvalue weighted by Gasteiger charge is -2.32. The third-order valence-electron chi connectivity index (χ3n) is 5.64. The second kappa shape index (κ2) is 12.8. The number of nitrogens with zero attached hydrogens (tertiary/aromatic N) is 5. The predicted molar refractivity (Wildman–Crippen MR) is 135 cm³/mol. The summed E-state index contributed by atoms with van der Waals surface area (Å²) < 4.78 is 0. The molecule has 3 heterocycles. The van der Waals surface area contributed by atoms with Crippen LogP contribution in [0.1, 0.15) is 18.4 Å². The molecule has 33 heavy (non-hydrogen) atoms. The van der Waals surface area contributed by atoms with Gasteiger partial charge in [0.2, 0.25) is 5.95 Å². The molecule has 0 atom stereocenters. The quantitative estimate of drug-likeness (QED) is 0.686. The van der Waals surface area contributed by atoms with Gasteiger partial charge in [0, 0.05) is 50.4 Å². The van der Waals surface area contributed by atoms with Crippen LogP contribution in [0.3, 0.4) is 0 Å². The SMILES string of the molecule is CN(C)Cc1cccc(-c2cnc(N3CCC(C4=CC=NCC=C4)CC3)nc2)c1.NCC=O. The number of aliphatic imine (C=N–C) groups is 1. The van der Waals surface area contributed by atoms with Crippen LogP contribution in [0.25, 0.3) is 11.1 Å². The van der Waals surface area contributed by atoms with Crippen LogP contribution < -0.4 is 10.6 Å². The molecule has 2 aromatic rings. The predicted octanol–water partition coefficient (Wildman–Crippen LogP) is 3.13. The van der Waals surface area contributed by atoms with Crippen molar-refractivity contribution in [1.82, 2.24) is 14.9 Å². The van der Waals surface area contributed by atoms with Crippen LogP contribution in [0.5, 0.6) is 0 Å². The summed E-state index contributed by atoms with van der Waals surface area (Å²) in [7, 11) is 4.17. The summed E-state index contributed by atoms with van der Waals surface area (Å²) in [6, 6.07) is 8.61. The Balaban J connectivity index is 0.000000709. The number of aromatic nitrogens is 2. The molecule has 2 aliphatic rings. The number of carbonyl (C=O) groups excluding carboxylic acids is 1. The molecule has 2 N–H and O–H groups in total. The van der Waals surface area contributed by atoms with E-state index in [1.54, 1.807) is 0 Å². The number of carbonyl (C=O) groups is 1. The van der Waals surface area contributed by atoms with Crippen molar-refractivity contribution >= 4 is 18.4 Å². The average molecular weight is 447 g/mol. The molecule has 0 aliphatic carbocycles. The van der Waals surface area contributed by atoms with Crippen molar-refractivity contribution in [3.8, 4) is 11.1 Å². The van der Waals surface area contributed by atoms with Gasteiger partial charge in [-0.2, -0.15) is 0 Å². The molecule has 0 radical (unpaired) electrons. The molecule has 0 saturated carbocycles. The monoisotopic (exact) mass is 446 g/mol. The van der Waals surface area contributed by atoms with E-state index in [2.05, 4.69) is 87.1 Å². The smallest absolute Gasteiger partial charge is 0.225 e. The summed E-state index contributed by atoms with van der Waals surface area (Å²) >= 11 is 0. The molecule has 1 aromatic heterocycles. The van der Waals surface area contributed by atoms with Gasteiger partial charge in [0.05, 0.1) is 6.54 Å². The molecule has 0 spiro atoms. The number of anilines is 1. The lowest BCUT2D eigenvalue weighted by atomic mass is 9.89. The number of allylic oxidation sites excluding steroid dienone is 3. The summed E-state index contributed by atoms with van der Waals surface area (Å²) in [6.45, 7) is 3.84. The fraction of sp³-hybridized carbons (Fsp3) is 0.385. The first-order valence-corrected chi connectivity index (χ1v) is 11.4. The summed E-state index contributed by atoms with van der Waals surface area (Å²) in [5.74, 6) is 1.44. The second-order valence-corrected chi connectivity index (χ2v) is 8.46.